The minimum absolute atomic E-state index is 0.168. The number of hydrogen-bond donors (Lipinski definition) is 2. The zero-order chi connectivity index (χ0) is 16.3. The van der Waals surface area contributed by atoms with E-state index < -0.39 is 0 Å². The lowest BCUT2D eigenvalue weighted by atomic mass is 10.0. The molecule has 0 saturated carbocycles. The van der Waals surface area contributed by atoms with Crippen LogP contribution < -0.4 is 15.4 Å². The van der Waals surface area contributed by atoms with Crippen LogP contribution in [0.25, 0.3) is 0 Å². The molecule has 0 radical (unpaired) electrons. The molecule has 1 aromatic heterocycles. The minimum Gasteiger partial charge on any atom is -0.477 e. The lowest BCUT2D eigenvalue weighted by Crippen LogP contribution is -2.39. The second-order valence-corrected chi connectivity index (χ2v) is 5.82. The number of urea groups is 1. The van der Waals surface area contributed by atoms with Crippen molar-refractivity contribution < 1.29 is 14.3 Å². The Bertz CT molecular complexity index is 476. The molecule has 1 aromatic rings. The third-order valence-corrected chi connectivity index (χ3v) is 3.83. The van der Waals surface area contributed by atoms with Crippen LogP contribution in [0, 0.1) is 5.92 Å². The van der Waals surface area contributed by atoms with Gasteiger partial charge in [0, 0.05) is 31.5 Å². The van der Waals surface area contributed by atoms with E-state index in [1.165, 1.54) is 0 Å². The zero-order valence-electron chi connectivity index (χ0n) is 13.8. The van der Waals surface area contributed by atoms with Gasteiger partial charge in [0.05, 0.1) is 13.2 Å². The molecule has 2 N–H and O–H groups in total. The standard InChI is InChI=1S/C17H27N3O3/c1-2-3-10-23-16-15(7-4-8-18-16)12-20-17(21)19-11-14-6-5-9-22-13-14/h4,7-8,14H,2-3,5-6,9-13H2,1H3,(H2,19,20,21)/t14-/m0/s1. The van der Waals surface area contributed by atoms with Crippen LogP contribution in [0.15, 0.2) is 18.3 Å². The van der Waals surface area contributed by atoms with Crippen LogP contribution in [0.1, 0.15) is 38.2 Å². The molecule has 0 spiro atoms. The molecule has 1 atom stereocenters. The maximum absolute atomic E-state index is 11.9. The number of ether oxygens (including phenoxy) is 2. The van der Waals surface area contributed by atoms with Gasteiger partial charge in [-0.05, 0) is 31.2 Å². The average Bonchev–Trinajstić information content (AvgIpc) is 2.60. The largest absolute Gasteiger partial charge is 0.477 e. The van der Waals surface area contributed by atoms with E-state index in [0.717, 1.165) is 44.5 Å². The van der Waals surface area contributed by atoms with Gasteiger partial charge in [-0.15, -0.1) is 0 Å². The van der Waals surface area contributed by atoms with Crippen LogP contribution in [-0.4, -0.2) is 37.4 Å². The summed E-state index contributed by atoms with van der Waals surface area (Å²) in [6.07, 6.45) is 5.95. The van der Waals surface area contributed by atoms with Crippen molar-refractivity contribution in [3.63, 3.8) is 0 Å². The third kappa shape index (κ3) is 6.44. The zero-order valence-corrected chi connectivity index (χ0v) is 13.8. The fourth-order valence-electron chi connectivity index (χ4n) is 2.45. The smallest absolute Gasteiger partial charge is 0.315 e. The molecule has 23 heavy (non-hydrogen) atoms. The summed E-state index contributed by atoms with van der Waals surface area (Å²) in [5, 5.41) is 5.76. The molecule has 1 fully saturated rings. The predicted octanol–water partition coefficient (Wildman–Crippen LogP) is 2.49. The first-order chi connectivity index (χ1) is 11.3. The van der Waals surface area contributed by atoms with Crippen molar-refractivity contribution in [2.75, 3.05) is 26.4 Å². The van der Waals surface area contributed by atoms with Gasteiger partial charge < -0.3 is 20.1 Å². The lowest BCUT2D eigenvalue weighted by Gasteiger charge is -2.22. The Hall–Kier alpha value is -1.82. The van der Waals surface area contributed by atoms with E-state index in [1.54, 1.807) is 6.20 Å². The highest BCUT2D eigenvalue weighted by atomic mass is 16.5. The molecule has 0 bridgehead atoms. The van der Waals surface area contributed by atoms with E-state index in [9.17, 15) is 4.79 Å². The molecule has 2 amide bonds. The van der Waals surface area contributed by atoms with Crippen molar-refractivity contribution in [2.24, 2.45) is 5.92 Å². The van der Waals surface area contributed by atoms with E-state index in [4.69, 9.17) is 9.47 Å². The summed E-state index contributed by atoms with van der Waals surface area (Å²) in [7, 11) is 0. The van der Waals surface area contributed by atoms with Crippen molar-refractivity contribution in [3.05, 3.63) is 23.9 Å². The summed E-state index contributed by atoms with van der Waals surface area (Å²) in [5.74, 6) is 1.02. The van der Waals surface area contributed by atoms with E-state index >= 15 is 0 Å². The molecule has 0 aliphatic carbocycles. The Labute approximate surface area is 138 Å². The first-order valence-corrected chi connectivity index (χ1v) is 8.45. The average molecular weight is 321 g/mol. The fourth-order valence-corrected chi connectivity index (χ4v) is 2.45. The Kier molecular flexibility index (Phi) is 7.66. The molecule has 2 rings (SSSR count). The van der Waals surface area contributed by atoms with Gasteiger partial charge in [0.2, 0.25) is 5.88 Å². The Morgan fingerprint density at radius 2 is 2.39 bits per heavy atom. The van der Waals surface area contributed by atoms with Crippen LogP contribution >= 0.6 is 0 Å². The molecule has 1 aliphatic heterocycles. The van der Waals surface area contributed by atoms with E-state index in [1.807, 2.05) is 12.1 Å². The molecule has 6 nitrogen and oxygen atoms in total. The highest BCUT2D eigenvalue weighted by Crippen LogP contribution is 2.14. The van der Waals surface area contributed by atoms with Gasteiger partial charge in [0.1, 0.15) is 0 Å². The normalized spacial score (nSPS) is 17.5. The molecule has 1 saturated heterocycles. The van der Waals surface area contributed by atoms with Crippen LogP contribution in [-0.2, 0) is 11.3 Å². The van der Waals surface area contributed by atoms with Gasteiger partial charge in [0.15, 0.2) is 0 Å². The number of nitrogens with one attached hydrogen (secondary N) is 2. The summed E-state index contributed by atoms with van der Waals surface area (Å²) in [5.41, 5.74) is 0.889. The summed E-state index contributed by atoms with van der Waals surface area (Å²) in [4.78, 5) is 16.1. The van der Waals surface area contributed by atoms with Gasteiger partial charge >= 0.3 is 6.03 Å². The molecule has 128 valence electrons. The first-order valence-electron chi connectivity index (χ1n) is 8.45. The molecule has 1 aliphatic rings. The summed E-state index contributed by atoms with van der Waals surface area (Å²) in [6, 6.07) is 3.60. The van der Waals surface area contributed by atoms with Crippen molar-refractivity contribution in [3.8, 4) is 5.88 Å². The Morgan fingerprint density at radius 1 is 1.48 bits per heavy atom. The van der Waals surface area contributed by atoms with Crippen LogP contribution in [0.5, 0.6) is 5.88 Å². The quantitative estimate of drug-likeness (QED) is 0.722. The summed E-state index contributed by atoms with van der Waals surface area (Å²) >= 11 is 0. The summed E-state index contributed by atoms with van der Waals surface area (Å²) in [6.45, 7) is 5.39. The number of amides is 2. The number of unbranched alkanes of at least 4 members (excludes halogenated alkanes) is 1. The van der Waals surface area contributed by atoms with Gasteiger partial charge in [0.25, 0.3) is 0 Å². The Balaban J connectivity index is 1.72. The predicted molar refractivity (Wildman–Crippen MR) is 88.4 cm³/mol. The summed E-state index contributed by atoms with van der Waals surface area (Å²) < 4.78 is 11.1. The number of nitrogens with zero attached hydrogens (tertiary/aromatic N) is 1. The number of carbonyl (C=O) groups is 1. The van der Waals surface area contributed by atoms with Gasteiger partial charge in [-0.25, -0.2) is 9.78 Å². The SMILES string of the molecule is CCCCOc1ncccc1CNC(=O)NC[C@@H]1CCCOC1. The third-order valence-electron chi connectivity index (χ3n) is 3.83. The topological polar surface area (TPSA) is 72.5 Å². The highest BCUT2D eigenvalue weighted by molar-refractivity contribution is 5.73. The molecular weight excluding hydrogens is 294 g/mol. The number of aromatic nitrogens is 1. The molecular formula is C17H27N3O3. The first kappa shape index (κ1) is 17.5. The van der Waals surface area contributed by atoms with E-state index in [2.05, 4.69) is 22.5 Å². The molecule has 2 heterocycles. The number of carbonyl (C=O) groups excluding carboxylic acids is 1. The van der Waals surface area contributed by atoms with Crippen LogP contribution in [0.4, 0.5) is 4.79 Å². The maximum Gasteiger partial charge on any atom is 0.315 e. The van der Waals surface area contributed by atoms with Crippen molar-refractivity contribution in [1.29, 1.82) is 0 Å². The van der Waals surface area contributed by atoms with Crippen molar-refractivity contribution in [2.45, 2.75) is 39.2 Å². The van der Waals surface area contributed by atoms with E-state index in [-0.39, 0.29) is 6.03 Å². The second-order valence-electron chi connectivity index (χ2n) is 5.82. The molecule has 6 heteroatoms. The molecule has 0 aromatic carbocycles. The van der Waals surface area contributed by atoms with Crippen LogP contribution in [0.3, 0.4) is 0 Å². The van der Waals surface area contributed by atoms with E-state index in [0.29, 0.717) is 31.5 Å². The van der Waals surface area contributed by atoms with Gasteiger partial charge in [-0.1, -0.05) is 19.4 Å². The monoisotopic (exact) mass is 321 g/mol. The number of hydrogen-bond acceptors (Lipinski definition) is 4. The maximum atomic E-state index is 11.9. The molecule has 0 unspecified atom stereocenters. The minimum atomic E-state index is -0.168. The lowest BCUT2D eigenvalue weighted by molar-refractivity contribution is 0.0557. The number of pyridine rings is 1. The van der Waals surface area contributed by atoms with Crippen LogP contribution in [0.2, 0.25) is 0 Å². The van der Waals surface area contributed by atoms with Gasteiger partial charge in [-0.2, -0.15) is 0 Å². The van der Waals surface area contributed by atoms with Gasteiger partial charge in [-0.3, -0.25) is 0 Å². The number of rotatable bonds is 8. The second kappa shape index (κ2) is 10.0. The fraction of sp³-hybridized carbons (Fsp3) is 0.647. The van der Waals surface area contributed by atoms with Crippen molar-refractivity contribution >= 4 is 6.03 Å². The van der Waals surface area contributed by atoms with Crippen molar-refractivity contribution in [1.82, 2.24) is 15.6 Å². The Morgan fingerprint density at radius 3 is 3.17 bits per heavy atom. The highest BCUT2D eigenvalue weighted by Gasteiger charge is 2.14.